The first-order chi connectivity index (χ1) is 14.6. The molecule has 0 fully saturated rings. The van der Waals surface area contributed by atoms with Crippen molar-refractivity contribution in [2.24, 2.45) is 0 Å². The predicted molar refractivity (Wildman–Crippen MR) is 116 cm³/mol. The third-order valence-electron chi connectivity index (χ3n) is 5.12. The fourth-order valence-corrected chi connectivity index (χ4v) is 3.65. The van der Waals surface area contributed by atoms with E-state index < -0.39 is 11.9 Å². The number of benzene rings is 2. The van der Waals surface area contributed by atoms with Crippen LogP contribution in [0.15, 0.2) is 66.7 Å². The summed E-state index contributed by atoms with van der Waals surface area (Å²) in [4.78, 5) is 24.0. The highest BCUT2D eigenvalue weighted by Gasteiger charge is 2.14. The topological polar surface area (TPSA) is 93.7 Å². The Morgan fingerprint density at radius 2 is 1.77 bits per heavy atom. The lowest BCUT2D eigenvalue weighted by Crippen LogP contribution is -2.30. The Balaban J connectivity index is 1.47. The second-order valence-electron chi connectivity index (χ2n) is 7.28. The molecule has 0 aliphatic heterocycles. The minimum absolute atomic E-state index is 0.493. The van der Waals surface area contributed by atoms with Crippen LogP contribution in [0.2, 0.25) is 0 Å². The molecule has 4 rings (SSSR count). The van der Waals surface area contributed by atoms with Crippen LogP contribution >= 0.6 is 0 Å². The number of carboxylic acids is 1. The van der Waals surface area contributed by atoms with Gasteiger partial charge in [-0.1, -0.05) is 60.7 Å². The van der Waals surface area contributed by atoms with Gasteiger partial charge in [-0.2, -0.15) is 0 Å². The van der Waals surface area contributed by atoms with Crippen LogP contribution in [0.3, 0.4) is 0 Å². The summed E-state index contributed by atoms with van der Waals surface area (Å²) in [6.07, 6.45) is 1.16. The highest BCUT2D eigenvalue weighted by Crippen LogP contribution is 2.27. The number of aryl methyl sites for hydroxylation is 1. The molecular formula is C24H23N4O2-. The van der Waals surface area contributed by atoms with E-state index in [1.807, 2.05) is 73.7 Å². The van der Waals surface area contributed by atoms with Crippen LogP contribution in [0.1, 0.15) is 30.1 Å². The molecule has 0 saturated carbocycles. The van der Waals surface area contributed by atoms with Gasteiger partial charge in [0, 0.05) is 24.1 Å². The summed E-state index contributed by atoms with van der Waals surface area (Å²) in [5.74, 6) is -0.251. The van der Waals surface area contributed by atoms with E-state index in [9.17, 15) is 9.90 Å². The van der Waals surface area contributed by atoms with Crippen molar-refractivity contribution in [3.8, 4) is 11.3 Å². The van der Waals surface area contributed by atoms with Gasteiger partial charge in [-0.15, -0.1) is 0 Å². The number of fused-ring (bicyclic) bond motifs is 1. The molecule has 1 unspecified atom stereocenters. The van der Waals surface area contributed by atoms with Crippen molar-refractivity contribution >= 4 is 22.8 Å². The second-order valence-corrected chi connectivity index (χ2v) is 7.28. The Morgan fingerprint density at radius 3 is 2.47 bits per heavy atom. The molecule has 0 aliphatic carbocycles. The Bertz CT molecular complexity index is 1140. The highest BCUT2D eigenvalue weighted by molar-refractivity contribution is 5.90. The lowest BCUT2D eigenvalue weighted by molar-refractivity contribution is -0.308. The Hall–Kier alpha value is -3.67. The molecule has 0 aliphatic rings. The van der Waals surface area contributed by atoms with E-state index in [-0.39, 0.29) is 0 Å². The summed E-state index contributed by atoms with van der Waals surface area (Å²) in [5, 5.41) is 14.9. The lowest BCUT2D eigenvalue weighted by Gasteiger charge is -2.18. The number of hydrogen-bond acceptors (Lipinski definition) is 5. The average molecular weight is 399 g/mol. The fourth-order valence-electron chi connectivity index (χ4n) is 3.65. The molecule has 6 nitrogen and oxygen atoms in total. The monoisotopic (exact) mass is 399 g/mol. The number of aromatic nitrogens is 3. The van der Waals surface area contributed by atoms with Crippen LogP contribution in [0, 0.1) is 6.92 Å². The number of carbonyl (C=O) groups is 1. The van der Waals surface area contributed by atoms with E-state index in [0.717, 1.165) is 33.7 Å². The van der Waals surface area contributed by atoms with Gasteiger partial charge >= 0.3 is 0 Å². The third kappa shape index (κ3) is 4.33. The van der Waals surface area contributed by atoms with Crippen molar-refractivity contribution in [2.75, 3.05) is 11.9 Å². The maximum atomic E-state index is 11.6. The molecule has 152 valence electrons. The zero-order chi connectivity index (χ0) is 20.9. The fraction of sp³-hybridized carbons (Fsp3) is 0.208. The van der Waals surface area contributed by atoms with Crippen molar-refractivity contribution in [3.05, 3.63) is 78.1 Å². The summed E-state index contributed by atoms with van der Waals surface area (Å²) >= 11 is 0. The first kappa shape index (κ1) is 19.6. The van der Waals surface area contributed by atoms with Crippen LogP contribution in [0.25, 0.3) is 22.3 Å². The molecule has 2 N–H and O–H groups in total. The Kier molecular flexibility index (Phi) is 5.75. The van der Waals surface area contributed by atoms with Gasteiger partial charge in [0.2, 0.25) is 0 Å². The molecule has 0 saturated heterocycles. The van der Waals surface area contributed by atoms with Gasteiger partial charge in [0.1, 0.15) is 11.3 Å². The predicted octanol–water partition coefficient (Wildman–Crippen LogP) is 3.66. The van der Waals surface area contributed by atoms with Crippen LogP contribution in [0.4, 0.5) is 5.82 Å². The smallest absolute Gasteiger partial charge is 0.154 e. The highest BCUT2D eigenvalue weighted by atomic mass is 16.4. The van der Waals surface area contributed by atoms with E-state index in [2.05, 4.69) is 20.3 Å². The number of anilines is 1. The zero-order valence-electron chi connectivity index (χ0n) is 16.8. The molecule has 2 aromatic carbocycles. The second kappa shape index (κ2) is 8.78. The molecular weight excluding hydrogens is 376 g/mol. The number of H-pyrrole nitrogens is 1. The average Bonchev–Trinajstić information content (AvgIpc) is 3.18. The first-order valence-corrected chi connectivity index (χ1v) is 10.0. The van der Waals surface area contributed by atoms with Crippen molar-refractivity contribution in [1.82, 2.24) is 15.0 Å². The van der Waals surface area contributed by atoms with E-state index in [1.54, 1.807) is 0 Å². The molecule has 2 aromatic heterocycles. The van der Waals surface area contributed by atoms with Gasteiger partial charge in [0.05, 0.1) is 5.52 Å². The van der Waals surface area contributed by atoms with Crippen molar-refractivity contribution in [2.45, 2.75) is 25.7 Å². The molecule has 30 heavy (non-hydrogen) atoms. The van der Waals surface area contributed by atoms with E-state index in [0.29, 0.717) is 25.2 Å². The molecule has 1 atom stereocenters. The molecule has 6 heteroatoms. The summed E-state index contributed by atoms with van der Waals surface area (Å²) in [5.41, 5.74) is 4.53. The third-order valence-corrected chi connectivity index (χ3v) is 5.12. The van der Waals surface area contributed by atoms with Gasteiger partial charge in [-0.3, -0.25) is 0 Å². The molecule has 0 bridgehead atoms. The number of aromatic amines is 1. The largest absolute Gasteiger partial charge is 0.549 e. The standard InChI is InChI=1S/C24H24N4O2/c1-16-26-21-15-20(18-11-6-3-7-12-18)28-22(21)23(27-16)25-14-8-13-19(24(29)30)17-9-4-2-5-10-17/h2-7,9-12,15,19,28H,8,13-14H2,1H3,(H,29,30)(H,25,26,27)/p-1. The summed E-state index contributed by atoms with van der Waals surface area (Å²) in [6.45, 7) is 2.46. The van der Waals surface area contributed by atoms with E-state index >= 15 is 0 Å². The van der Waals surface area contributed by atoms with Crippen molar-refractivity contribution in [1.29, 1.82) is 0 Å². The van der Waals surface area contributed by atoms with Gasteiger partial charge in [0.25, 0.3) is 0 Å². The number of hydrogen-bond donors (Lipinski definition) is 2. The first-order valence-electron chi connectivity index (χ1n) is 10.0. The number of carbonyl (C=O) groups excluding carboxylic acids is 1. The van der Waals surface area contributed by atoms with Crippen LogP contribution < -0.4 is 10.4 Å². The maximum Gasteiger partial charge on any atom is 0.154 e. The van der Waals surface area contributed by atoms with Crippen molar-refractivity contribution < 1.29 is 9.90 Å². The van der Waals surface area contributed by atoms with Crippen LogP contribution in [0.5, 0.6) is 0 Å². The molecule has 4 aromatic rings. The minimum Gasteiger partial charge on any atom is -0.549 e. The van der Waals surface area contributed by atoms with Crippen LogP contribution in [-0.4, -0.2) is 27.5 Å². The Morgan fingerprint density at radius 1 is 1.07 bits per heavy atom. The zero-order valence-corrected chi connectivity index (χ0v) is 16.8. The van der Waals surface area contributed by atoms with Gasteiger partial charge in [0.15, 0.2) is 5.82 Å². The Labute approximate surface area is 175 Å². The number of carboxylic acid groups (broad SMARTS) is 1. The van der Waals surface area contributed by atoms with Gasteiger partial charge in [-0.25, -0.2) is 9.97 Å². The SMILES string of the molecule is Cc1nc(NCCCC(C(=O)[O-])c2ccccc2)c2[nH]c(-c3ccccc3)cc2n1. The minimum atomic E-state index is -1.04. The lowest BCUT2D eigenvalue weighted by atomic mass is 9.94. The number of rotatable bonds is 8. The number of aliphatic carboxylic acids is 1. The summed E-state index contributed by atoms with van der Waals surface area (Å²) in [6, 6.07) is 21.3. The maximum absolute atomic E-state index is 11.6. The number of nitrogens with zero attached hydrogens (tertiary/aromatic N) is 2. The normalized spacial score (nSPS) is 12.0. The van der Waals surface area contributed by atoms with Gasteiger partial charge < -0.3 is 20.2 Å². The quantitative estimate of drug-likeness (QED) is 0.441. The molecule has 2 heterocycles. The molecule has 0 spiro atoms. The summed E-state index contributed by atoms with van der Waals surface area (Å²) in [7, 11) is 0. The number of nitrogens with one attached hydrogen (secondary N) is 2. The van der Waals surface area contributed by atoms with Gasteiger partial charge in [-0.05, 0) is 37.0 Å². The molecule has 0 amide bonds. The van der Waals surface area contributed by atoms with Crippen molar-refractivity contribution in [3.63, 3.8) is 0 Å². The summed E-state index contributed by atoms with van der Waals surface area (Å²) < 4.78 is 0. The molecule has 0 radical (unpaired) electrons. The van der Waals surface area contributed by atoms with E-state index in [4.69, 9.17) is 0 Å². The van der Waals surface area contributed by atoms with E-state index in [1.165, 1.54) is 0 Å². The van der Waals surface area contributed by atoms with Crippen LogP contribution in [-0.2, 0) is 4.79 Å².